The number of ether oxygens (including phenoxy) is 1. The highest BCUT2D eigenvalue weighted by molar-refractivity contribution is 7.12. The fourth-order valence-electron chi connectivity index (χ4n) is 5.06. The first-order valence-electron chi connectivity index (χ1n) is 11.0. The number of benzene rings is 1. The van der Waals surface area contributed by atoms with Gasteiger partial charge in [0.15, 0.2) is 5.78 Å². The molecule has 1 saturated heterocycles. The number of piperidine rings is 1. The zero-order valence-corrected chi connectivity index (χ0v) is 18.9. The first-order chi connectivity index (χ1) is 15.6. The zero-order valence-electron chi connectivity index (χ0n) is 18.1. The van der Waals surface area contributed by atoms with E-state index in [2.05, 4.69) is 17.0 Å². The van der Waals surface area contributed by atoms with Crippen LogP contribution in [-0.2, 0) is 13.1 Å². The molecule has 32 heavy (non-hydrogen) atoms. The van der Waals surface area contributed by atoms with E-state index in [1.54, 1.807) is 19.3 Å². The first kappa shape index (κ1) is 20.9. The van der Waals surface area contributed by atoms with Gasteiger partial charge in [0.25, 0.3) is 5.56 Å². The Labute approximate surface area is 191 Å². The number of carbonyl (C=O) groups is 1. The molecule has 0 radical (unpaired) electrons. The van der Waals surface area contributed by atoms with E-state index < -0.39 is 0 Å². The summed E-state index contributed by atoms with van der Waals surface area (Å²) in [6.45, 7) is 3.48. The van der Waals surface area contributed by atoms with E-state index in [0.717, 1.165) is 60.0 Å². The third kappa shape index (κ3) is 4.20. The largest absolute Gasteiger partial charge is 0.496 e. The summed E-state index contributed by atoms with van der Waals surface area (Å²) in [7, 11) is 1.70. The van der Waals surface area contributed by atoms with Gasteiger partial charge >= 0.3 is 0 Å². The smallest absolute Gasteiger partial charge is 0.250 e. The number of pyridine rings is 1. The summed E-state index contributed by atoms with van der Waals surface area (Å²) < 4.78 is 7.60. The van der Waals surface area contributed by atoms with Crippen molar-refractivity contribution in [3.8, 4) is 5.75 Å². The maximum absolute atomic E-state index is 12.3. The summed E-state index contributed by atoms with van der Waals surface area (Å²) in [5.41, 5.74) is 3.38. The number of carbonyl (C=O) groups excluding carboxylic acids is 1. The molecule has 6 heteroatoms. The number of ketones is 1. The normalized spacial score (nSPS) is 20.3. The van der Waals surface area contributed by atoms with Crippen molar-refractivity contribution < 1.29 is 9.53 Å². The van der Waals surface area contributed by atoms with E-state index in [0.29, 0.717) is 11.8 Å². The van der Waals surface area contributed by atoms with Crippen LogP contribution in [0.3, 0.4) is 0 Å². The van der Waals surface area contributed by atoms with E-state index in [1.165, 1.54) is 11.3 Å². The Bertz CT molecular complexity index is 1210. The van der Waals surface area contributed by atoms with Crippen LogP contribution in [0.4, 0.5) is 0 Å². The average Bonchev–Trinajstić information content (AvgIpc) is 3.33. The predicted molar refractivity (Wildman–Crippen MR) is 128 cm³/mol. The highest BCUT2D eigenvalue weighted by Crippen LogP contribution is 2.36. The van der Waals surface area contributed by atoms with Gasteiger partial charge in [-0.05, 0) is 53.6 Å². The number of nitrogens with zero attached hydrogens (tertiary/aromatic N) is 2. The molecule has 164 valence electrons. The summed E-state index contributed by atoms with van der Waals surface area (Å²) in [5.74, 6) is 1.75. The molecule has 5 nitrogen and oxygen atoms in total. The number of aromatic nitrogens is 1. The summed E-state index contributed by atoms with van der Waals surface area (Å²) in [4.78, 5) is 27.8. The highest BCUT2D eigenvalue weighted by atomic mass is 32.1. The summed E-state index contributed by atoms with van der Waals surface area (Å²) >= 11 is 1.45. The van der Waals surface area contributed by atoms with Crippen molar-refractivity contribution in [1.29, 1.82) is 0 Å². The third-order valence-electron chi connectivity index (χ3n) is 6.44. The Morgan fingerprint density at radius 3 is 2.88 bits per heavy atom. The van der Waals surface area contributed by atoms with Gasteiger partial charge in [0.1, 0.15) is 5.75 Å². The maximum atomic E-state index is 12.3. The van der Waals surface area contributed by atoms with Crippen molar-refractivity contribution in [3.05, 3.63) is 92.0 Å². The van der Waals surface area contributed by atoms with Crippen LogP contribution in [0.15, 0.2) is 64.8 Å². The van der Waals surface area contributed by atoms with Crippen LogP contribution in [0.1, 0.15) is 38.8 Å². The molecule has 0 amide bonds. The molecule has 1 unspecified atom stereocenters. The van der Waals surface area contributed by atoms with Crippen LogP contribution in [0.5, 0.6) is 5.75 Å². The molecule has 2 bridgehead atoms. The van der Waals surface area contributed by atoms with Crippen LogP contribution >= 0.6 is 11.3 Å². The lowest BCUT2D eigenvalue weighted by Gasteiger charge is -2.43. The monoisotopic (exact) mass is 446 g/mol. The second kappa shape index (κ2) is 8.88. The van der Waals surface area contributed by atoms with Crippen molar-refractivity contribution in [2.45, 2.75) is 25.4 Å². The Balaban J connectivity index is 1.34. The molecule has 4 heterocycles. The Kier molecular flexibility index (Phi) is 5.81. The molecule has 0 spiro atoms. The number of methoxy groups -OCH3 is 1. The molecule has 1 fully saturated rings. The lowest BCUT2D eigenvalue weighted by Crippen LogP contribution is -2.46. The average molecular weight is 447 g/mol. The van der Waals surface area contributed by atoms with Crippen molar-refractivity contribution in [2.24, 2.45) is 5.92 Å². The minimum absolute atomic E-state index is 0.0233. The topological polar surface area (TPSA) is 51.5 Å². The van der Waals surface area contributed by atoms with Gasteiger partial charge in [-0.25, -0.2) is 0 Å². The van der Waals surface area contributed by atoms with E-state index in [-0.39, 0.29) is 11.3 Å². The second-order valence-electron chi connectivity index (χ2n) is 8.64. The molecule has 2 aliphatic heterocycles. The molecule has 0 saturated carbocycles. The van der Waals surface area contributed by atoms with Crippen molar-refractivity contribution >= 4 is 23.2 Å². The van der Waals surface area contributed by atoms with E-state index in [9.17, 15) is 9.59 Å². The van der Waals surface area contributed by atoms with Gasteiger partial charge in [-0.15, -0.1) is 11.3 Å². The summed E-state index contributed by atoms with van der Waals surface area (Å²) in [5, 5.41) is 1.91. The Morgan fingerprint density at radius 1 is 1.16 bits per heavy atom. The van der Waals surface area contributed by atoms with Gasteiger partial charge in [0.05, 0.1) is 12.0 Å². The second-order valence-corrected chi connectivity index (χ2v) is 9.59. The molecule has 1 aromatic carbocycles. The van der Waals surface area contributed by atoms with Gasteiger partial charge in [-0.3, -0.25) is 14.5 Å². The zero-order chi connectivity index (χ0) is 22.1. The van der Waals surface area contributed by atoms with Crippen molar-refractivity contribution in [1.82, 2.24) is 9.47 Å². The number of allylic oxidation sites excluding steroid dienone is 1. The Morgan fingerprint density at radius 2 is 2.06 bits per heavy atom. The molecule has 2 aliphatic rings. The summed E-state index contributed by atoms with van der Waals surface area (Å²) in [6, 6.07) is 15.4. The molecule has 5 rings (SSSR count). The predicted octanol–water partition coefficient (Wildman–Crippen LogP) is 4.43. The summed E-state index contributed by atoms with van der Waals surface area (Å²) in [6.07, 6.45) is 4.65. The van der Waals surface area contributed by atoms with Crippen LogP contribution < -0.4 is 10.3 Å². The number of hydrogen-bond donors (Lipinski definition) is 0. The van der Waals surface area contributed by atoms with Crippen molar-refractivity contribution in [2.75, 3.05) is 20.2 Å². The lowest BCUT2D eigenvalue weighted by atomic mass is 9.83. The first-order valence-corrected chi connectivity index (χ1v) is 11.8. The fourth-order valence-corrected chi connectivity index (χ4v) is 5.71. The van der Waals surface area contributed by atoms with Gasteiger partial charge in [-0.2, -0.15) is 0 Å². The van der Waals surface area contributed by atoms with Crippen LogP contribution in [0, 0.1) is 5.92 Å². The SMILES string of the molecule is COc1ccc(/C=C/C(=O)c2cccs2)cc1CN1CC2C[C@@H](C1)c1cccc(=O)n1C2. The van der Waals surface area contributed by atoms with Crippen LogP contribution in [-0.4, -0.2) is 35.4 Å². The van der Waals surface area contributed by atoms with Gasteiger partial charge in [-0.1, -0.05) is 24.3 Å². The fraction of sp³-hybridized carbons (Fsp3) is 0.308. The van der Waals surface area contributed by atoms with Crippen LogP contribution in [0.2, 0.25) is 0 Å². The molecule has 2 aromatic heterocycles. The molecular formula is C26H26N2O3S. The number of thiophene rings is 1. The minimum Gasteiger partial charge on any atom is -0.496 e. The maximum Gasteiger partial charge on any atom is 0.250 e. The molecule has 3 aromatic rings. The molecule has 0 N–H and O–H groups in total. The highest BCUT2D eigenvalue weighted by Gasteiger charge is 2.34. The molecule has 2 atom stereocenters. The van der Waals surface area contributed by atoms with Gasteiger partial charge in [0, 0.05) is 49.4 Å². The lowest BCUT2D eigenvalue weighted by molar-refractivity contribution is 0.105. The minimum atomic E-state index is 0.0233. The standard InChI is InChI=1S/C26H26N2O3S/c1-31-24-10-8-18(7-9-23(29)25-5-3-11-32-25)12-21(24)17-27-14-19-13-20(16-27)22-4-2-6-26(30)28(22)15-19/h2-12,19-20H,13-17H2,1H3/b9-7+/t19?,20-/m0/s1. The van der Waals surface area contributed by atoms with Crippen LogP contribution in [0.25, 0.3) is 6.08 Å². The number of hydrogen-bond acceptors (Lipinski definition) is 5. The Hall–Kier alpha value is -2.96. The molecule has 0 aliphatic carbocycles. The number of fused-ring (bicyclic) bond motifs is 4. The van der Waals surface area contributed by atoms with E-state index >= 15 is 0 Å². The number of likely N-dealkylation sites (tertiary alicyclic amines) is 1. The van der Waals surface area contributed by atoms with Gasteiger partial charge in [0.2, 0.25) is 0 Å². The van der Waals surface area contributed by atoms with Gasteiger partial charge < -0.3 is 9.30 Å². The van der Waals surface area contributed by atoms with E-state index in [4.69, 9.17) is 4.74 Å². The molecular weight excluding hydrogens is 420 g/mol. The van der Waals surface area contributed by atoms with E-state index in [1.807, 2.05) is 46.4 Å². The third-order valence-corrected chi connectivity index (χ3v) is 7.33. The van der Waals surface area contributed by atoms with Crippen molar-refractivity contribution in [3.63, 3.8) is 0 Å². The quantitative estimate of drug-likeness (QED) is 0.415. The number of rotatable bonds is 6.